The van der Waals surface area contributed by atoms with Gasteiger partial charge in [0.25, 0.3) is 0 Å². The number of rotatable bonds is 3. The fourth-order valence-corrected chi connectivity index (χ4v) is 2.30. The summed E-state index contributed by atoms with van der Waals surface area (Å²) in [5.41, 5.74) is 5.26. The maximum absolute atomic E-state index is 13.6. The number of aliphatic hydroxyl groups excluding tert-OH is 1. The highest BCUT2D eigenvalue weighted by molar-refractivity contribution is 6.56. The lowest BCUT2D eigenvalue weighted by Gasteiger charge is -2.32. The molecule has 0 amide bonds. The minimum atomic E-state index is -0.716. The number of nitrogen functional groups attached to an aromatic ring is 1. The molecule has 0 aliphatic carbocycles. The van der Waals surface area contributed by atoms with Crippen LogP contribution in [0.2, 0.25) is 5.02 Å². The molecule has 1 aromatic rings. The van der Waals surface area contributed by atoms with E-state index in [-0.39, 0.29) is 12.3 Å². The average Bonchev–Trinajstić information content (AvgIpc) is 2.61. The topological polar surface area (TPSA) is 64.7 Å². The van der Waals surface area contributed by atoms with E-state index in [9.17, 15) is 9.50 Å². The molecule has 0 radical (unpaired) electrons. The van der Waals surface area contributed by atoms with Crippen LogP contribution in [-0.4, -0.2) is 30.0 Å². The number of halogens is 2. The average molecular weight is 328 g/mol. The molecule has 7 heteroatoms. The molecule has 120 valence electrons. The van der Waals surface area contributed by atoms with E-state index >= 15 is 0 Å². The Bertz CT molecular complexity index is 603. The third kappa shape index (κ3) is 3.15. The fraction of sp³-hybridized carbons (Fsp3) is 0.467. The van der Waals surface area contributed by atoms with Gasteiger partial charge in [0.05, 0.1) is 28.5 Å². The summed E-state index contributed by atoms with van der Waals surface area (Å²) in [6, 6.07) is 2.56. The van der Waals surface area contributed by atoms with Gasteiger partial charge in [0.2, 0.25) is 0 Å². The van der Waals surface area contributed by atoms with E-state index in [0.717, 1.165) is 0 Å². The normalized spacial score (nSPS) is 20.5. The number of aliphatic hydroxyl groups is 1. The zero-order chi connectivity index (χ0) is 16.7. The third-order valence-electron chi connectivity index (χ3n) is 4.20. The summed E-state index contributed by atoms with van der Waals surface area (Å²) < 4.78 is 25.3. The number of hydrogen-bond donors (Lipinski definition) is 2. The largest absolute Gasteiger partial charge is 0.492 e. The van der Waals surface area contributed by atoms with E-state index in [4.69, 9.17) is 26.6 Å². The van der Waals surface area contributed by atoms with Crippen molar-refractivity contribution in [2.75, 3.05) is 12.3 Å². The van der Waals surface area contributed by atoms with Gasteiger partial charge in [-0.15, -0.1) is 0 Å². The number of benzene rings is 1. The van der Waals surface area contributed by atoms with Crippen LogP contribution < -0.4 is 5.73 Å². The van der Waals surface area contributed by atoms with E-state index in [0.29, 0.717) is 16.1 Å². The minimum Gasteiger partial charge on any atom is -0.400 e. The molecule has 1 heterocycles. The lowest BCUT2D eigenvalue weighted by atomic mass is 9.77. The van der Waals surface area contributed by atoms with E-state index in [2.05, 4.69) is 0 Å². The Labute approximate surface area is 135 Å². The van der Waals surface area contributed by atoms with Gasteiger partial charge in [-0.05, 0) is 50.9 Å². The van der Waals surface area contributed by atoms with Crippen molar-refractivity contribution < 1.29 is 18.8 Å². The lowest BCUT2D eigenvalue weighted by Crippen LogP contribution is -2.41. The quantitative estimate of drug-likeness (QED) is 0.661. The molecule has 1 aliphatic rings. The number of hydrogen-bond acceptors (Lipinski definition) is 4. The Kier molecular flexibility index (Phi) is 4.60. The second kappa shape index (κ2) is 5.85. The molecule has 0 unspecified atom stereocenters. The van der Waals surface area contributed by atoms with Gasteiger partial charge < -0.3 is 20.1 Å². The minimum absolute atomic E-state index is 0.0247. The first-order valence-electron chi connectivity index (χ1n) is 6.99. The Hall–Kier alpha value is -1.08. The van der Waals surface area contributed by atoms with Crippen molar-refractivity contribution in [1.82, 2.24) is 0 Å². The first-order chi connectivity index (χ1) is 10.1. The van der Waals surface area contributed by atoms with Crippen LogP contribution in [0.1, 0.15) is 33.3 Å². The van der Waals surface area contributed by atoms with Crippen molar-refractivity contribution in [3.63, 3.8) is 0 Å². The second-order valence-electron chi connectivity index (χ2n) is 6.36. The van der Waals surface area contributed by atoms with Crippen LogP contribution in [0, 0.1) is 5.82 Å². The molecule has 1 saturated heterocycles. The summed E-state index contributed by atoms with van der Waals surface area (Å²) in [6.45, 7) is 7.37. The molecule has 3 N–H and O–H groups in total. The molecule has 0 aromatic heterocycles. The van der Waals surface area contributed by atoms with Gasteiger partial charge in [-0.1, -0.05) is 17.7 Å². The fourth-order valence-electron chi connectivity index (χ4n) is 2.07. The van der Waals surface area contributed by atoms with Crippen LogP contribution in [0.25, 0.3) is 6.08 Å². The zero-order valence-electron chi connectivity index (χ0n) is 13.1. The molecule has 1 aromatic carbocycles. The summed E-state index contributed by atoms with van der Waals surface area (Å²) in [5, 5.41) is 9.91. The molecular weight excluding hydrogens is 307 g/mol. The van der Waals surface area contributed by atoms with Gasteiger partial charge in [-0.3, -0.25) is 0 Å². The van der Waals surface area contributed by atoms with Crippen LogP contribution in [-0.2, 0) is 9.31 Å². The molecule has 0 spiro atoms. The molecule has 0 bridgehead atoms. The summed E-state index contributed by atoms with van der Waals surface area (Å²) in [4.78, 5) is 0. The van der Waals surface area contributed by atoms with Crippen LogP contribution in [0.15, 0.2) is 17.6 Å². The SMILES string of the molecule is CC1(C)OB(C(=Cc2cc(F)c(N)cc2Cl)CO)OC1(C)C. The maximum Gasteiger partial charge on any atom is 0.492 e. The smallest absolute Gasteiger partial charge is 0.400 e. The van der Waals surface area contributed by atoms with Crippen molar-refractivity contribution in [2.24, 2.45) is 0 Å². The zero-order valence-corrected chi connectivity index (χ0v) is 13.9. The molecule has 22 heavy (non-hydrogen) atoms. The van der Waals surface area contributed by atoms with E-state index in [1.807, 2.05) is 27.7 Å². The Morgan fingerprint density at radius 2 is 1.86 bits per heavy atom. The first kappa shape index (κ1) is 17.3. The predicted octanol–water partition coefficient (Wildman–Crippen LogP) is 3.07. The summed E-state index contributed by atoms with van der Waals surface area (Å²) in [5.74, 6) is -0.568. The van der Waals surface area contributed by atoms with E-state index < -0.39 is 24.1 Å². The van der Waals surface area contributed by atoms with Crippen molar-refractivity contribution in [1.29, 1.82) is 0 Å². The Balaban J connectivity index is 2.36. The molecular formula is C15H20BClFNO3. The van der Waals surface area contributed by atoms with Gasteiger partial charge in [0.1, 0.15) is 5.82 Å². The molecule has 2 rings (SSSR count). The van der Waals surface area contributed by atoms with Gasteiger partial charge in [-0.2, -0.15) is 0 Å². The third-order valence-corrected chi connectivity index (χ3v) is 4.52. The number of nitrogens with two attached hydrogens (primary N) is 1. The van der Waals surface area contributed by atoms with Gasteiger partial charge in [0.15, 0.2) is 0 Å². The highest BCUT2D eigenvalue weighted by Gasteiger charge is 2.52. The van der Waals surface area contributed by atoms with Crippen molar-refractivity contribution >= 4 is 30.5 Å². The summed E-state index contributed by atoms with van der Waals surface area (Å²) >= 11 is 6.07. The van der Waals surface area contributed by atoms with Crippen LogP contribution in [0.5, 0.6) is 0 Å². The maximum atomic E-state index is 13.6. The monoisotopic (exact) mass is 327 g/mol. The van der Waals surface area contributed by atoms with Crippen molar-refractivity contribution in [3.8, 4) is 0 Å². The van der Waals surface area contributed by atoms with Crippen LogP contribution in [0.3, 0.4) is 0 Å². The van der Waals surface area contributed by atoms with Gasteiger partial charge in [0, 0.05) is 0 Å². The van der Waals surface area contributed by atoms with Gasteiger partial charge >= 0.3 is 7.12 Å². The van der Waals surface area contributed by atoms with Gasteiger partial charge in [-0.25, -0.2) is 4.39 Å². The van der Waals surface area contributed by atoms with Crippen LogP contribution >= 0.6 is 11.6 Å². The first-order valence-corrected chi connectivity index (χ1v) is 7.36. The standard InChI is InChI=1S/C15H20BClFNO3/c1-14(2)15(3,4)22-16(21-14)10(8-20)5-9-6-12(18)13(19)7-11(9)17/h5-7,20H,8,19H2,1-4H3. The van der Waals surface area contributed by atoms with Crippen LogP contribution in [0.4, 0.5) is 10.1 Å². The Morgan fingerprint density at radius 1 is 1.32 bits per heavy atom. The summed E-state index contributed by atoms with van der Waals surface area (Å²) in [7, 11) is -0.716. The summed E-state index contributed by atoms with van der Waals surface area (Å²) in [6.07, 6.45) is 1.56. The van der Waals surface area contributed by atoms with Crippen molar-refractivity contribution in [3.05, 3.63) is 34.0 Å². The lowest BCUT2D eigenvalue weighted by molar-refractivity contribution is 0.00578. The molecule has 0 atom stereocenters. The van der Waals surface area contributed by atoms with E-state index in [1.54, 1.807) is 6.08 Å². The predicted molar refractivity (Wildman–Crippen MR) is 87.0 cm³/mol. The molecule has 0 saturated carbocycles. The highest BCUT2D eigenvalue weighted by atomic mass is 35.5. The molecule has 1 aliphatic heterocycles. The molecule has 4 nitrogen and oxygen atoms in total. The second-order valence-corrected chi connectivity index (χ2v) is 6.77. The van der Waals surface area contributed by atoms with E-state index in [1.165, 1.54) is 12.1 Å². The van der Waals surface area contributed by atoms with Crippen molar-refractivity contribution in [2.45, 2.75) is 38.9 Å². The molecule has 1 fully saturated rings. The Morgan fingerprint density at radius 3 is 2.36 bits per heavy atom. The highest BCUT2D eigenvalue weighted by Crippen LogP contribution is 2.39. The number of anilines is 1.